The van der Waals surface area contributed by atoms with E-state index in [1.165, 1.54) is 0 Å². The summed E-state index contributed by atoms with van der Waals surface area (Å²) < 4.78 is 1.57. The van der Waals surface area contributed by atoms with Crippen molar-refractivity contribution in [1.29, 1.82) is 0 Å². The van der Waals surface area contributed by atoms with Gasteiger partial charge in [-0.2, -0.15) is 9.50 Å². The molecule has 0 bridgehead atoms. The van der Waals surface area contributed by atoms with E-state index in [9.17, 15) is 0 Å². The van der Waals surface area contributed by atoms with Crippen molar-refractivity contribution in [3.8, 4) is 0 Å². The Bertz CT molecular complexity index is 463. The SMILES string of the molecule is CCCc1nc2nc(C)cc(Cl)n2n1. The standard InChI is InChI=1S/C9H11ClN4/c1-3-4-8-12-9-11-6(2)5-7(10)14(9)13-8/h5H,3-4H2,1-2H3. The summed E-state index contributed by atoms with van der Waals surface area (Å²) in [5, 5.41) is 4.81. The van der Waals surface area contributed by atoms with Crippen LogP contribution >= 0.6 is 11.6 Å². The van der Waals surface area contributed by atoms with Gasteiger partial charge in [-0.15, -0.1) is 5.10 Å². The highest BCUT2D eigenvalue weighted by atomic mass is 35.5. The van der Waals surface area contributed by atoms with E-state index < -0.39 is 0 Å². The van der Waals surface area contributed by atoms with Crippen molar-refractivity contribution >= 4 is 17.4 Å². The molecule has 0 fully saturated rings. The van der Waals surface area contributed by atoms with Crippen LogP contribution in [0.2, 0.25) is 5.15 Å². The largest absolute Gasteiger partial charge is 0.254 e. The summed E-state index contributed by atoms with van der Waals surface area (Å²) in [4.78, 5) is 8.52. The summed E-state index contributed by atoms with van der Waals surface area (Å²) in [6.07, 6.45) is 1.88. The van der Waals surface area contributed by atoms with Gasteiger partial charge in [-0.3, -0.25) is 0 Å². The molecule has 0 aliphatic heterocycles. The third-order valence-electron chi connectivity index (χ3n) is 1.91. The average molecular weight is 211 g/mol. The fourth-order valence-electron chi connectivity index (χ4n) is 1.31. The van der Waals surface area contributed by atoms with Crippen molar-refractivity contribution < 1.29 is 0 Å². The van der Waals surface area contributed by atoms with Gasteiger partial charge < -0.3 is 0 Å². The first-order valence-electron chi connectivity index (χ1n) is 4.59. The zero-order valence-corrected chi connectivity index (χ0v) is 8.91. The summed E-state index contributed by atoms with van der Waals surface area (Å²) in [6.45, 7) is 3.98. The van der Waals surface area contributed by atoms with E-state index >= 15 is 0 Å². The van der Waals surface area contributed by atoms with Crippen LogP contribution in [0, 0.1) is 6.92 Å². The highest BCUT2D eigenvalue weighted by molar-refractivity contribution is 6.29. The van der Waals surface area contributed by atoms with E-state index in [-0.39, 0.29) is 0 Å². The third kappa shape index (κ3) is 1.57. The van der Waals surface area contributed by atoms with Crippen LogP contribution in [-0.2, 0) is 6.42 Å². The normalized spacial score (nSPS) is 11.1. The Labute approximate surface area is 86.9 Å². The van der Waals surface area contributed by atoms with Crippen LogP contribution in [0.4, 0.5) is 0 Å². The van der Waals surface area contributed by atoms with Crippen molar-refractivity contribution in [3.63, 3.8) is 0 Å². The van der Waals surface area contributed by atoms with Crippen LogP contribution < -0.4 is 0 Å². The van der Waals surface area contributed by atoms with Crippen molar-refractivity contribution in [2.45, 2.75) is 26.7 Å². The number of rotatable bonds is 2. The molecule has 2 aromatic heterocycles. The van der Waals surface area contributed by atoms with Crippen molar-refractivity contribution in [2.75, 3.05) is 0 Å². The van der Waals surface area contributed by atoms with E-state index in [4.69, 9.17) is 11.6 Å². The molecule has 0 radical (unpaired) electrons. The topological polar surface area (TPSA) is 43.1 Å². The van der Waals surface area contributed by atoms with Gasteiger partial charge in [-0.1, -0.05) is 18.5 Å². The lowest BCUT2D eigenvalue weighted by Crippen LogP contribution is -1.94. The molecule has 0 unspecified atom stereocenters. The Morgan fingerprint density at radius 3 is 2.93 bits per heavy atom. The monoisotopic (exact) mass is 210 g/mol. The molecular formula is C9H11ClN4. The van der Waals surface area contributed by atoms with Crippen LogP contribution in [0.3, 0.4) is 0 Å². The van der Waals surface area contributed by atoms with Crippen molar-refractivity contribution in [1.82, 2.24) is 19.6 Å². The minimum absolute atomic E-state index is 0.558. The lowest BCUT2D eigenvalue weighted by atomic mass is 10.3. The van der Waals surface area contributed by atoms with Gasteiger partial charge in [0.25, 0.3) is 5.78 Å². The lowest BCUT2D eigenvalue weighted by Gasteiger charge is -1.95. The van der Waals surface area contributed by atoms with Crippen LogP contribution in [0.15, 0.2) is 6.07 Å². The second-order valence-corrected chi connectivity index (χ2v) is 3.60. The molecule has 4 nitrogen and oxygen atoms in total. The van der Waals surface area contributed by atoms with E-state index in [0.29, 0.717) is 10.9 Å². The number of aryl methyl sites for hydroxylation is 2. The van der Waals surface area contributed by atoms with Gasteiger partial charge in [0.1, 0.15) is 5.15 Å². The molecule has 0 atom stereocenters. The van der Waals surface area contributed by atoms with E-state index in [1.54, 1.807) is 10.6 Å². The predicted octanol–water partition coefficient (Wildman–Crippen LogP) is 2.04. The smallest absolute Gasteiger partial charge is 0.216 e. The Hall–Kier alpha value is -1.16. The molecule has 0 aliphatic carbocycles. The molecule has 2 aromatic rings. The molecule has 0 saturated heterocycles. The lowest BCUT2D eigenvalue weighted by molar-refractivity contribution is 0.817. The Balaban J connectivity index is 2.58. The Morgan fingerprint density at radius 1 is 1.43 bits per heavy atom. The summed E-state index contributed by atoms with van der Waals surface area (Å²) in [5.74, 6) is 1.38. The van der Waals surface area contributed by atoms with Gasteiger partial charge in [-0.25, -0.2) is 4.98 Å². The summed E-state index contributed by atoms with van der Waals surface area (Å²) >= 11 is 6.00. The summed E-state index contributed by atoms with van der Waals surface area (Å²) in [7, 11) is 0. The van der Waals surface area contributed by atoms with Gasteiger partial charge >= 0.3 is 0 Å². The summed E-state index contributed by atoms with van der Waals surface area (Å²) in [5.41, 5.74) is 0.859. The minimum Gasteiger partial charge on any atom is -0.216 e. The maximum Gasteiger partial charge on any atom is 0.254 e. The molecule has 0 amide bonds. The molecule has 2 heterocycles. The van der Waals surface area contributed by atoms with Crippen molar-refractivity contribution in [2.24, 2.45) is 0 Å². The van der Waals surface area contributed by atoms with Gasteiger partial charge in [0.15, 0.2) is 5.82 Å². The van der Waals surface area contributed by atoms with Crippen LogP contribution in [0.1, 0.15) is 24.9 Å². The first kappa shape index (κ1) is 9.40. The zero-order valence-electron chi connectivity index (χ0n) is 8.16. The van der Waals surface area contributed by atoms with E-state index in [2.05, 4.69) is 22.0 Å². The molecule has 0 N–H and O–H groups in total. The molecule has 0 saturated carbocycles. The highest BCUT2D eigenvalue weighted by Gasteiger charge is 2.07. The number of nitrogens with zero attached hydrogens (tertiary/aromatic N) is 4. The Kier molecular flexibility index (Phi) is 2.37. The van der Waals surface area contributed by atoms with Crippen molar-refractivity contribution in [3.05, 3.63) is 22.7 Å². The van der Waals surface area contributed by atoms with Crippen LogP contribution in [0.5, 0.6) is 0 Å². The fourth-order valence-corrected chi connectivity index (χ4v) is 1.59. The number of hydrogen-bond donors (Lipinski definition) is 0. The van der Waals surface area contributed by atoms with Gasteiger partial charge in [0.05, 0.1) is 0 Å². The minimum atomic E-state index is 0.558. The Morgan fingerprint density at radius 2 is 2.21 bits per heavy atom. The number of fused-ring (bicyclic) bond motifs is 1. The van der Waals surface area contributed by atoms with Crippen LogP contribution in [0.25, 0.3) is 5.78 Å². The van der Waals surface area contributed by atoms with Gasteiger partial charge in [0, 0.05) is 12.1 Å². The maximum atomic E-state index is 6.00. The second-order valence-electron chi connectivity index (χ2n) is 3.21. The molecule has 14 heavy (non-hydrogen) atoms. The zero-order chi connectivity index (χ0) is 10.1. The first-order chi connectivity index (χ1) is 6.70. The molecule has 0 aliphatic rings. The van der Waals surface area contributed by atoms with Gasteiger partial charge in [0.2, 0.25) is 0 Å². The molecule has 74 valence electrons. The molecule has 5 heteroatoms. The molecule has 0 spiro atoms. The molecule has 2 rings (SSSR count). The molecule has 0 aromatic carbocycles. The summed E-state index contributed by atoms with van der Waals surface area (Å²) in [6, 6.07) is 1.78. The van der Waals surface area contributed by atoms with Gasteiger partial charge in [-0.05, 0) is 19.4 Å². The highest BCUT2D eigenvalue weighted by Crippen LogP contribution is 2.11. The average Bonchev–Trinajstić information content (AvgIpc) is 2.48. The maximum absolute atomic E-state index is 6.00. The van der Waals surface area contributed by atoms with E-state index in [1.807, 2.05) is 6.92 Å². The number of halogens is 1. The number of aromatic nitrogens is 4. The fraction of sp³-hybridized carbons (Fsp3) is 0.444. The predicted molar refractivity (Wildman–Crippen MR) is 54.5 cm³/mol. The first-order valence-corrected chi connectivity index (χ1v) is 4.97. The van der Waals surface area contributed by atoms with Crippen LogP contribution in [-0.4, -0.2) is 19.6 Å². The quantitative estimate of drug-likeness (QED) is 0.713. The molecular weight excluding hydrogens is 200 g/mol. The second kappa shape index (κ2) is 3.53. The van der Waals surface area contributed by atoms with E-state index in [0.717, 1.165) is 24.4 Å². The third-order valence-corrected chi connectivity index (χ3v) is 2.18. The number of hydrogen-bond acceptors (Lipinski definition) is 3.